The summed E-state index contributed by atoms with van der Waals surface area (Å²) in [5.74, 6) is 2.47. The first-order chi connectivity index (χ1) is 4.26. The van der Waals surface area contributed by atoms with E-state index in [0.717, 1.165) is 0 Å². The molecule has 1 N–H and O–H groups in total. The van der Waals surface area contributed by atoms with E-state index in [1.807, 2.05) is 6.92 Å². The summed E-state index contributed by atoms with van der Waals surface area (Å²) in [6.07, 6.45) is 4.87. The van der Waals surface area contributed by atoms with Crippen LogP contribution in [0.15, 0.2) is 0 Å². The van der Waals surface area contributed by atoms with Gasteiger partial charge in [-0.2, -0.15) is 0 Å². The summed E-state index contributed by atoms with van der Waals surface area (Å²) < 4.78 is 4.86. The summed E-state index contributed by atoms with van der Waals surface area (Å²) in [7, 11) is 1.54. The lowest BCUT2D eigenvalue weighted by atomic mass is 10.1. The highest BCUT2D eigenvalue weighted by atomic mass is 16.5. The first kappa shape index (κ1) is 8.48. The van der Waals surface area contributed by atoms with Gasteiger partial charge in [0.05, 0.1) is 12.7 Å². The van der Waals surface area contributed by atoms with Crippen LogP contribution in [0.5, 0.6) is 0 Å². The lowest BCUT2D eigenvalue weighted by molar-refractivity contribution is 0.0281. The molecule has 0 saturated heterocycles. The van der Waals surface area contributed by atoms with Crippen molar-refractivity contribution in [2.45, 2.75) is 13.0 Å². The molecule has 2 atom stereocenters. The predicted octanol–water partition coefficient (Wildman–Crippen LogP) is 0.263. The number of terminal acetylenes is 1. The SMILES string of the molecule is C#C[C@H](C)[C@H](CO)OC. The number of ether oxygens (including phenoxy) is 1. The van der Waals surface area contributed by atoms with E-state index in [2.05, 4.69) is 5.92 Å². The van der Waals surface area contributed by atoms with Crippen LogP contribution in [0, 0.1) is 18.3 Å². The fourth-order valence-corrected chi connectivity index (χ4v) is 0.544. The van der Waals surface area contributed by atoms with Gasteiger partial charge in [-0.15, -0.1) is 12.3 Å². The van der Waals surface area contributed by atoms with Crippen molar-refractivity contribution in [1.82, 2.24) is 0 Å². The van der Waals surface area contributed by atoms with Crippen molar-refractivity contribution >= 4 is 0 Å². The molecule has 2 heteroatoms. The molecule has 0 spiro atoms. The summed E-state index contributed by atoms with van der Waals surface area (Å²) in [4.78, 5) is 0. The summed E-state index contributed by atoms with van der Waals surface area (Å²) in [6, 6.07) is 0. The Hall–Kier alpha value is -0.520. The van der Waals surface area contributed by atoms with Crippen LogP contribution in [-0.4, -0.2) is 24.9 Å². The van der Waals surface area contributed by atoms with Gasteiger partial charge in [0.2, 0.25) is 0 Å². The fraction of sp³-hybridized carbons (Fsp3) is 0.714. The van der Waals surface area contributed by atoms with Gasteiger partial charge >= 0.3 is 0 Å². The Balaban J connectivity index is 3.67. The van der Waals surface area contributed by atoms with E-state index in [-0.39, 0.29) is 18.6 Å². The van der Waals surface area contributed by atoms with Gasteiger partial charge in [-0.05, 0) is 6.92 Å². The van der Waals surface area contributed by atoms with Gasteiger partial charge in [-0.1, -0.05) is 0 Å². The smallest absolute Gasteiger partial charge is 0.0936 e. The lowest BCUT2D eigenvalue weighted by Gasteiger charge is -2.14. The second-order valence-electron chi connectivity index (χ2n) is 1.91. The van der Waals surface area contributed by atoms with Gasteiger partial charge in [0.1, 0.15) is 0 Å². The zero-order chi connectivity index (χ0) is 7.28. The number of rotatable bonds is 3. The Morgan fingerprint density at radius 3 is 2.44 bits per heavy atom. The van der Waals surface area contributed by atoms with Crippen molar-refractivity contribution in [3.8, 4) is 12.3 Å². The summed E-state index contributed by atoms with van der Waals surface area (Å²) in [5, 5.41) is 8.61. The van der Waals surface area contributed by atoms with E-state index in [0.29, 0.717) is 0 Å². The molecule has 0 aromatic carbocycles. The highest BCUT2D eigenvalue weighted by Crippen LogP contribution is 2.02. The third-order valence-electron chi connectivity index (χ3n) is 1.30. The minimum absolute atomic E-state index is 0.0120. The van der Waals surface area contributed by atoms with E-state index in [1.165, 1.54) is 7.11 Å². The van der Waals surface area contributed by atoms with Crippen LogP contribution in [0.2, 0.25) is 0 Å². The van der Waals surface area contributed by atoms with Gasteiger partial charge in [-0.3, -0.25) is 0 Å². The maximum Gasteiger partial charge on any atom is 0.0936 e. The molecule has 0 aliphatic carbocycles. The van der Waals surface area contributed by atoms with E-state index in [9.17, 15) is 0 Å². The quantitative estimate of drug-likeness (QED) is 0.552. The topological polar surface area (TPSA) is 29.5 Å². The Bertz CT molecular complexity index is 100.0. The molecule has 2 nitrogen and oxygen atoms in total. The maximum atomic E-state index is 8.61. The highest BCUT2D eigenvalue weighted by Gasteiger charge is 2.11. The third-order valence-corrected chi connectivity index (χ3v) is 1.30. The van der Waals surface area contributed by atoms with Crippen molar-refractivity contribution in [1.29, 1.82) is 0 Å². The molecular weight excluding hydrogens is 116 g/mol. The molecule has 0 fully saturated rings. The Labute approximate surface area is 55.8 Å². The molecule has 0 unspecified atom stereocenters. The van der Waals surface area contributed by atoms with Crippen molar-refractivity contribution in [2.75, 3.05) is 13.7 Å². The minimum Gasteiger partial charge on any atom is -0.394 e. The molecule has 0 rings (SSSR count). The van der Waals surface area contributed by atoms with E-state index in [4.69, 9.17) is 16.3 Å². The van der Waals surface area contributed by atoms with Crippen LogP contribution in [0.25, 0.3) is 0 Å². The van der Waals surface area contributed by atoms with Crippen LogP contribution in [0.1, 0.15) is 6.92 Å². The first-order valence-electron chi connectivity index (χ1n) is 2.86. The second kappa shape index (κ2) is 4.37. The van der Waals surface area contributed by atoms with Gasteiger partial charge in [0.25, 0.3) is 0 Å². The summed E-state index contributed by atoms with van der Waals surface area (Å²) in [6.45, 7) is 1.83. The van der Waals surface area contributed by atoms with Crippen molar-refractivity contribution in [3.05, 3.63) is 0 Å². The average Bonchev–Trinajstić information content (AvgIpc) is 1.90. The molecule has 0 aromatic rings. The number of aliphatic hydroxyl groups excluding tert-OH is 1. The Morgan fingerprint density at radius 1 is 1.78 bits per heavy atom. The molecular formula is C7H12O2. The second-order valence-corrected chi connectivity index (χ2v) is 1.91. The monoisotopic (exact) mass is 128 g/mol. The maximum absolute atomic E-state index is 8.61. The van der Waals surface area contributed by atoms with Gasteiger partial charge < -0.3 is 9.84 Å². The zero-order valence-electron chi connectivity index (χ0n) is 5.79. The largest absolute Gasteiger partial charge is 0.394 e. The predicted molar refractivity (Wildman–Crippen MR) is 35.9 cm³/mol. The molecule has 0 saturated carbocycles. The van der Waals surface area contributed by atoms with Crippen LogP contribution in [0.4, 0.5) is 0 Å². The zero-order valence-corrected chi connectivity index (χ0v) is 5.79. The summed E-state index contributed by atoms with van der Waals surface area (Å²) in [5.41, 5.74) is 0. The van der Waals surface area contributed by atoms with Crippen LogP contribution >= 0.6 is 0 Å². The molecule has 0 aromatic heterocycles. The standard InChI is InChI=1S/C7H12O2/c1-4-6(2)7(5-8)9-3/h1,6-8H,5H2,2-3H3/t6-,7-/m0/s1. The molecule has 0 radical (unpaired) electrons. The van der Waals surface area contributed by atoms with Crippen molar-refractivity contribution in [2.24, 2.45) is 5.92 Å². The van der Waals surface area contributed by atoms with Gasteiger partial charge in [0.15, 0.2) is 0 Å². The van der Waals surface area contributed by atoms with Gasteiger partial charge in [-0.25, -0.2) is 0 Å². The number of hydrogen-bond acceptors (Lipinski definition) is 2. The number of methoxy groups -OCH3 is 1. The van der Waals surface area contributed by atoms with E-state index >= 15 is 0 Å². The van der Waals surface area contributed by atoms with E-state index in [1.54, 1.807) is 0 Å². The first-order valence-corrected chi connectivity index (χ1v) is 2.86. The Morgan fingerprint density at radius 2 is 2.33 bits per heavy atom. The molecule has 9 heavy (non-hydrogen) atoms. The normalized spacial score (nSPS) is 16.2. The molecule has 0 heterocycles. The van der Waals surface area contributed by atoms with Crippen LogP contribution in [-0.2, 0) is 4.74 Å². The number of hydrogen-bond donors (Lipinski definition) is 1. The molecule has 52 valence electrons. The van der Waals surface area contributed by atoms with Crippen molar-refractivity contribution in [3.63, 3.8) is 0 Å². The third kappa shape index (κ3) is 2.50. The fourth-order valence-electron chi connectivity index (χ4n) is 0.544. The highest BCUT2D eigenvalue weighted by molar-refractivity contribution is 4.94. The van der Waals surface area contributed by atoms with Crippen LogP contribution < -0.4 is 0 Å². The average molecular weight is 128 g/mol. The van der Waals surface area contributed by atoms with E-state index < -0.39 is 0 Å². The number of aliphatic hydroxyl groups is 1. The molecule has 0 bridgehead atoms. The van der Waals surface area contributed by atoms with Crippen molar-refractivity contribution < 1.29 is 9.84 Å². The lowest BCUT2D eigenvalue weighted by Crippen LogP contribution is -2.22. The molecule has 0 amide bonds. The van der Waals surface area contributed by atoms with Gasteiger partial charge in [0, 0.05) is 13.0 Å². The molecule has 0 aliphatic rings. The minimum atomic E-state index is -0.213. The molecule has 0 aliphatic heterocycles. The summed E-state index contributed by atoms with van der Waals surface area (Å²) >= 11 is 0. The van der Waals surface area contributed by atoms with Crippen LogP contribution in [0.3, 0.4) is 0 Å². The Kier molecular flexibility index (Phi) is 4.12.